The van der Waals surface area contributed by atoms with Gasteiger partial charge in [0.15, 0.2) is 0 Å². The molecule has 1 atom stereocenters. The van der Waals surface area contributed by atoms with Gasteiger partial charge in [0.05, 0.1) is 17.7 Å². The second-order valence-electron chi connectivity index (χ2n) is 9.88. The molecule has 0 bridgehead atoms. The maximum absolute atomic E-state index is 14.1. The summed E-state index contributed by atoms with van der Waals surface area (Å²) in [6, 6.07) is 18.3. The van der Waals surface area contributed by atoms with Crippen molar-refractivity contribution in [2.75, 3.05) is 24.5 Å². The lowest BCUT2D eigenvalue weighted by atomic mass is 10.1. The number of anilines is 1. The second-order valence-corrected chi connectivity index (χ2v) is 12.6. The Morgan fingerprint density at radius 2 is 1.61 bits per heavy atom. The van der Waals surface area contributed by atoms with Crippen molar-refractivity contribution >= 4 is 50.7 Å². The minimum atomic E-state index is -4.22. The molecule has 0 aliphatic heterocycles. The third-order valence-corrected chi connectivity index (χ3v) is 8.63. The number of rotatable bonds is 13. The number of ether oxygens (including phenoxy) is 1. The quantitative estimate of drug-likeness (QED) is 0.262. The molecule has 11 heteroatoms. The SMILES string of the molecule is CC[C@H](C(=O)NCC(C)C)N(Cc1ccc(Cl)cc1)C(=O)CN(c1cccc(Cl)c1)S(=O)(=O)c1ccc(OC)cc1. The number of nitrogens with one attached hydrogen (secondary N) is 1. The van der Waals surface area contributed by atoms with Gasteiger partial charge in [0, 0.05) is 23.1 Å². The standard InChI is InChI=1S/C30H35Cl2N3O5S/c1-5-28(30(37)33-18-21(2)3)34(19-22-9-11-23(31)12-10-22)29(36)20-35(25-8-6-7-24(32)17-25)41(38,39)27-15-13-26(40-4)14-16-27/h6-17,21,28H,5,18-20H2,1-4H3,(H,33,37)/t28-/m1/s1. The van der Waals surface area contributed by atoms with E-state index >= 15 is 0 Å². The van der Waals surface area contributed by atoms with Crippen molar-refractivity contribution in [1.29, 1.82) is 0 Å². The largest absolute Gasteiger partial charge is 0.497 e. The van der Waals surface area contributed by atoms with E-state index in [4.69, 9.17) is 27.9 Å². The third-order valence-electron chi connectivity index (χ3n) is 6.36. The highest BCUT2D eigenvalue weighted by Gasteiger charge is 2.33. The van der Waals surface area contributed by atoms with Crippen molar-refractivity contribution in [3.8, 4) is 5.75 Å². The fourth-order valence-corrected chi connectivity index (χ4v) is 5.88. The van der Waals surface area contributed by atoms with E-state index in [1.54, 1.807) is 42.5 Å². The highest BCUT2D eigenvalue weighted by atomic mass is 35.5. The number of sulfonamides is 1. The van der Waals surface area contributed by atoms with E-state index in [0.29, 0.717) is 28.8 Å². The van der Waals surface area contributed by atoms with E-state index in [0.717, 1.165) is 9.87 Å². The van der Waals surface area contributed by atoms with Gasteiger partial charge in [-0.3, -0.25) is 13.9 Å². The van der Waals surface area contributed by atoms with Gasteiger partial charge in [0.2, 0.25) is 11.8 Å². The van der Waals surface area contributed by atoms with Crippen molar-refractivity contribution in [3.05, 3.63) is 88.4 Å². The Hall–Kier alpha value is -3.27. The number of hydrogen-bond donors (Lipinski definition) is 1. The molecule has 0 saturated carbocycles. The fraction of sp³-hybridized carbons (Fsp3) is 0.333. The Balaban J connectivity index is 2.04. The Bertz CT molecular complexity index is 1430. The lowest BCUT2D eigenvalue weighted by Gasteiger charge is -2.33. The molecule has 3 aromatic carbocycles. The fourth-order valence-electron chi connectivity index (χ4n) is 4.16. The van der Waals surface area contributed by atoms with Gasteiger partial charge in [-0.05, 0) is 72.5 Å². The average Bonchev–Trinajstić information content (AvgIpc) is 2.95. The summed E-state index contributed by atoms with van der Waals surface area (Å²) < 4.78 is 34.0. The van der Waals surface area contributed by atoms with Crippen molar-refractivity contribution in [3.63, 3.8) is 0 Å². The van der Waals surface area contributed by atoms with Crippen LogP contribution in [0.5, 0.6) is 5.75 Å². The predicted octanol–water partition coefficient (Wildman–Crippen LogP) is 5.78. The minimum Gasteiger partial charge on any atom is -0.497 e. The summed E-state index contributed by atoms with van der Waals surface area (Å²) in [5.41, 5.74) is 0.954. The smallest absolute Gasteiger partial charge is 0.264 e. The van der Waals surface area contributed by atoms with E-state index in [1.807, 2.05) is 20.8 Å². The van der Waals surface area contributed by atoms with E-state index in [9.17, 15) is 18.0 Å². The summed E-state index contributed by atoms with van der Waals surface area (Å²) in [5, 5.41) is 3.75. The molecule has 0 heterocycles. The van der Waals surface area contributed by atoms with Crippen LogP contribution >= 0.6 is 23.2 Å². The third kappa shape index (κ3) is 8.61. The van der Waals surface area contributed by atoms with Gasteiger partial charge in [-0.1, -0.05) is 62.2 Å². The summed E-state index contributed by atoms with van der Waals surface area (Å²) in [6.45, 7) is 5.73. The Morgan fingerprint density at radius 1 is 0.951 bits per heavy atom. The number of halogens is 2. The van der Waals surface area contributed by atoms with Crippen molar-refractivity contribution in [2.24, 2.45) is 5.92 Å². The number of carbonyl (C=O) groups excluding carboxylic acids is 2. The Morgan fingerprint density at radius 3 is 2.17 bits per heavy atom. The van der Waals surface area contributed by atoms with Crippen LogP contribution < -0.4 is 14.4 Å². The summed E-state index contributed by atoms with van der Waals surface area (Å²) in [4.78, 5) is 28.7. The molecular weight excluding hydrogens is 585 g/mol. The highest BCUT2D eigenvalue weighted by Crippen LogP contribution is 2.28. The Kier molecular flexibility index (Phi) is 11.5. The van der Waals surface area contributed by atoms with Crippen LogP contribution in [0.3, 0.4) is 0 Å². The second kappa shape index (κ2) is 14.6. The van der Waals surface area contributed by atoms with E-state index < -0.39 is 28.5 Å². The van der Waals surface area contributed by atoms with Gasteiger partial charge < -0.3 is 15.0 Å². The molecule has 0 radical (unpaired) electrons. The molecule has 2 amide bonds. The molecular formula is C30H35Cl2N3O5S. The maximum atomic E-state index is 14.1. The molecule has 0 spiro atoms. The van der Waals surface area contributed by atoms with Gasteiger partial charge in [-0.2, -0.15) is 0 Å². The van der Waals surface area contributed by atoms with Gasteiger partial charge in [-0.25, -0.2) is 8.42 Å². The normalized spacial score (nSPS) is 12.1. The molecule has 0 saturated heterocycles. The van der Waals surface area contributed by atoms with Crippen LogP contribution in [0.25, 0.3) is 0 Å². The summed E-state index contributed by atoms with van der Waals surface area (Å²) >= 11 is 12.3. The predicted molar refractivity (Wildman–Crippen MR) is 163 cm³/mol. The first-order valence-corrected chi connectivity index (χ1v) is 15.4. The number of hydrogen-bond acceptors (Lipinski definition) is 5. The highest BCUT2D eigenvalue weighted by molar-refractivity contribution is 7.92. The van der Waals surface area contributed by atoms with Gasteiger partial charge >= 0.3 is 0 Å². The van der Waals surface area contributed by atoms with Gasteiger partial charge in [0.1, 0.15) is 18.3 Å². The first kappa shape index (κ1) is 32.2. The van der Waals surface area contributed by atoms with Crippen LogP contribution in [-0.4, -0.2) is 51.4 Å². The minimum absolute atomic E-state index is 0.0305. The summed E-state index contributed by atoms with van der Waals surface area (Å²) in [5.74, 6) is -0.161. The lowest BCUT2D eigenvalue weighted by Crippen LogP contribution is -2.52. The maximum Gasteiger partial charge on any atom is 0.264 e. The van der Waals surface area contributed by atoms with E-state index in [1.165, 1.54) is 42.3 Å². The van der Waals surface area contributed by atoms with Gasteiger partial charge in [0.25, 0.3) is 10.0 Å². The monoisotopic (exact) mass is 619 g/mol. The summed E-state index contributed by atoms with van der Waals surface area (Å²) in [7, 11) is -2.74. The number of methoxy groups -OCH3 is 1. The summed E-state index contributed by atoms with van der Waals surface area (Å²) in [6.07, 6.45) is 0.325. The average molecular weight is 621 g/mol. The molecule has 0 aliphatic carbocycles. The molecule has 220 valence electrons. The Labute approximate surface area is 252 Å². The topological polar surface area (TPSA) is 96.0 Å². The van der Waals surface area contributed by atoms with Crippen molar-refractivity contribution in [2.45, 2.75) is 44.7 Å². The number of carbonyl (C=O) groups is 2. The van der Waals surface area contributed by atoms with Crippen molar-refractivity contribution < 1.29 is 22.7 Å². The van der Waals surface area contributed by atoms with Crippen LogP contribution in [0.2, 0.25) is 10.0 Å². The number of amides is 2. The number of nitrogens with zero attached hydrogens (tertiary/aromatic N) is 2. The van der Waals surface area contributed by atoms with Crippen LogP contribution in [0.15, 0.2) is 77.7 Å². The van der Waals surface area contributed by atoms with Crippen molar-refractivity contribution in [1.82, 2.24) is 10.2 Å². The zero-order chi connectivity index (χ0) is 30.2. The first-order valence-electron chi connectivity index (χ1n) is 13.2. The first-order chi connectivity index (χ1) is 19.5. The van der Waals surface area contributed by atoms with Crippen LogP contribution in [0.1, 0.15) is 32.8 Å². The number of benzene rings is 3. The lowest BCUT2D eigenvalue weighted by molar-refractivity contribution is -0.140. The van der Waals surface area contributed by atoms with Crippen LogP contribution in [-0.2, 0) is 26.2 Å². The molecule has 41 heavy (non-hydrogen) atoms. The molecule has 0 aliphatic rings. The van der Waals surface area contributed by atoms with Crippen LogP contribution in [0, 0.1) is 5.92 Å². The zero-order valence-corrected chi connectivity index (χ0v) is 25.8. The molecule has 0 fully saturated rings. The van der Waals surface area contributed by atoms with E-state index in [-0.39, 0.29) is 29.0 Å². The molecule has 0 unspecified atom stereocenters. The molecule has 3 aromatic rings. The molecule has 0 aromatic heterocycles. The van der Waals surface area contributed by atoms with Gasteiger partial charge in [-0.15, -0.1) is 0 Å². The van der Waals surface area contributed by atoms with E-state index in [2.05, 4.69) is 5.32 Å². The molecule has 8 nitrogen and oxygen atoms in total. The molecule has 3 rings (SSSR count). The molecule has 1 N–H and O–H groups in total. The zero-order valence-electron chi connectivity index (χ0n) is 23.5. The van der Waals surface area contributed by atoms with Crippen LogP contribution in [0.4, 0.5) is 5.69 Å².